The average molecular weight is 208 g/mol. The maximum Gasteiger partial charge on any atom is 0.215 e. The van der Waals surface area contributed by atoms with E-state index < -0.39 is 10.0 Å². The molecule has 0 aliphatic rings. The summed E-state index contributed by atoms with van der Waals surface area (Å²) in [6.45, 7) is -0.179. The SMILES string of the molecule is NS(=O)(=O)Cc1nc(CO)cs1. The third-order valence-electron chi connectivity index (χ3n) is 1.09. The van der Waals surface area contributed by atoms with E-state index in [0.717, 1.165) is 0 Å². The molecule has 12 heavy (non-hydrogen) atoms. The minimum Gasteiger partial charge on any atom is -0.390 e. The average Bonchev–Trinajstić information content (AvgIpc) is 2.32. The van der Waals surface area contributed by atoms with Gasteiger partial charge in [-0.1, -0.05) is 0 Å². The number of sulfonamides is 1. The van der Waals surface area contributed by atoms with Gasteiger partial charge in [0.1, 0.15) is 10.8 Å². The second-order valence-corrected chi connectivity index (χ2v) is 4.75. The van der Waals surface area contributed by atoms with Gasteiger partial charge >= 0.3 is 0 Å². The molecule has 3 N–H and O–H groups in total. The Morgan fingerprint density at radius 2 is 2.33 bits per heavy atom. The van der Waals surface area contributed by atoms with Crippen molar-refractivity contribution in [1.29, 1.82) is 0 Å². The highest BCUT2D eigenvalue weighted by Crippen LogP contribution is 2.11. The summed E-state index contributed by atoms with van der Waals surface area (Å²) in [4.78, 5) is 3.82. The van der Waals surface area contributed by atoms with Crippen LogP contribution in [0.2, 0.25) is 0 Å². The Bertz CT molecular complexity index is 357. The Morgan fingerprint density at radius 1 is 1.67 bits per heavy atom. The molecule has 0 saturated heterocycles. The molecule has 0 aliphatic heterocycles. The zero-order valence-electron chi connectivity index (χ0n) is 6.10. The molecule has 7 heteroatoms. The third kappa shape index (κ3) is 2.86. The largest absolute Gasteiger partial charge is 0.390 e. The summed E-state index contributed by atoms with van der Waals surface area (Å²) in [5.74, 6) is -0.266. The number of thiazole rings is 1. The van der Waals surface area contributed by atoms with E-state index in [-0.39, 0.29) is 12.4 Å². The van der Waals surface area contributed by atoms with Crippen LogP contribution < -0.4 is 5.14 Å². The van der Waals surface area contributed by atoms with Crippen molar-refractivity contribution in [3.05, 3.63) is 16.1 Å². The standard InChI is InChI=1S/C5H8N2O3S2/c6-12(9,10)3-5-7-4(1-8)2-11-5/h2,8H,1,3H2,(H2,6,9,10). The van der Waals surface area contributed by atoms with Crippen molar-refractivity contribution in [2.45, 2.75) is 12.4 Å². The van der Waals surface area contributed by atoms with E-state index in [1.807, 2.05) is 0 Å². The normalized spacial score (nSPS) is 11.8. The van der Waals surface area contributed by atoms with Crippen molar-refractivity contribution in [3.63, 3.8) is 0 Å². The van der Waals surface area contributed by atoms with Crippen molar-refractivity contribution in [1.82, 2.24) is 4.98 Å². The molecule has 1 rings (SSSR count). The zero-order chi connectivity index (χ0) is 9.19. The molecule has 1 aromatic heterocycles. The second-order valence-electron chi connectivity index (χ2n) is 2.20. The van der Waals surface area contributed by atoms with Gasteiger partial charge in [0.25, 0.3) is 0 Å². The quantitative estimate of drug-likeness (QED) is 0.695. The third-order valence-corrected chi connectivity index (χ3v) is 2.84. The maximum absolute atomic E-state index is 10.6. The minimum atomic E-state index is -3.51. The first-order chi connectivity index (χ1) is 5.51. The van der Waals surface area contributed by atoms with E-state index in [2.05, 4.69) is 4.98 Å². The Hall–Kier alpha value is -0.500. The number of aromatic nitrogens is 1. The molecule has 0 spiro atoms. The van der Waals surface area contributed by atoms with Gasteiger partial charge in [0.2, 0.25) is 10.0 Å². The smallest absolute Gasteiger partial charge is 0.215 e. The number of aliphatic hydroxyl groups is 1. The number of nitrogens with two attached hydrogens (primary N) is 1. The number of hydrogen-bond donors (Lipinski definition) is 2. The van der Waals surface area contributed by atoms with Crippen LogP contribution in [0.1, 0.15) is 10.7 Å². The Balaban J connectivity index is 2.78. The van der Waals surface area contributed by atoms with Gasteiger partial charge < -0.3 is 5.11 Å². The summed E-state index contributed by atoms with van der Waals surface area (Å²) in [7, 11) is -3.51. The molecule has 5 nitrogen and oxygen atoms in total. The molecule has 0 unspecified atom stereocenters. The molecule has 68 valence electrons. The Labute approximate surface area is 73.9 Å². The van der Waals surface area contributed by atoms with Crippen LogP contribution in [-0.4, -0.2) is 18.5 Å². The van der Waals surface area contributed by atoms with Gasteiger partial charge in [-0.2, -0.15) is 0 Å². The van der Waals surface area contributed by atoms with Crippen LogP contribution in [0.15, 0.2) is 5.38 Å². The van der Waals surface area contributed by atoms with Crippen LogP contribution in [0.3, 0.4) is 0 Å². The van der Waals surface area contributed by atoms with E-state index in [4.69, 9.17) is 10.2 Å². The fourth-order valence-electron chi connectivity index (χ4n) is 0.660. The first-order valence-corrected chi connectivity index (χ1v) is 5.65. The van der Waals surface area contributed by atoms with Crippen molar-refractivity contribution in [2.24, 2.45) is 5.14 Å². The van der Waals surface area contributed by atoms with Gasteiger partial charge in [0.15, 0.2) is 0 Å². The summed E-state index contributed by atoms with van der Waals surface area (Å²) in [6, 6.07) is 0. The van der Waals surface area contributed by atoms with Crippen LogP contribution in [0.5, 0.6) is 0 Å². The summed E-state index contributed by atoms with van der Waals surface area (Å²) < 4.78 is 21.2. The number of rotatable bonds is 3. The fraction of sp³-hybridized carbons (Fsp3) is 0.400. The lowest BCUT2D eigenvalue weighted by Crippen LogP contribution is -2.14. The summed E-state index contributed by atoms with van der Waals surface area (Å²) >= 11 is 1.17. The topological polar surface area (TPSA) is 93.3 Å². The second kappa shape index (κ2) is 3.48. The summed E-state index contributed by atoms with van der Waals surface area (Å²) in [6.07, 6.45) is 0. The van der Waals surface area contributed by atoms with Crippen LogP contribution in [0.25, 0.3) is 0 Å². The molecular weight excluding hydrogens is 200 g/mol. The van der Waals surface area contributed by atoms with Crippen molar-refractivity contribution >= 4 is 21.4 Å². The van der Waals surface area contributed by atoms with Gasteiger partial charge in [0, 0.05) is 5.38 Å². The van der Waals surface area contributed by atoms with Crippen molar-refractivity contribution in [3.8, 4) is 0 Å². The minimum absolute atomic E-state index is 0.179. The van der Waals surface area contributed by atoms with E-state index >= 15 is 0 Å². The molecule has 0 fully saturated rings. The Morgan fingerprint density at radius 3 is 2.75 bits per heavy atom. The van der Waals surface area contributed by atoms with Gasteiger partial charge in [0.05, 0.1) is 12.3 Å². The molecule has 0 atom stereocenters. The molecular formula is C5H8N2O3S2. The van der Waals surface area contributed by atoms with Gasteiger partial charge in [-0.3, -0.25) is 0 Å². The number of primary sulfonamides is 1. The molecule has 0 radical (unpaired) electrons. The molecule has 1 heterocycles. The summed E-state index contributed by atoms with van der Waals surface area (Å²) in [5, 5.41) is 15.4. The van der Waals surface area contributed by atoms with Gasteiger partial charge in [-0.15, -0.1) is 11.3 Å². The molecule has 0 bridgehead atoms. The van der Waals surface area contributed by atoms with Gasteiger partial charge in [-0.25, -0.2) is 18.5 Å². The highest BCUT2D eigenvalue weighted by molar-refractivity contribution is 7.88. The first-order valence-electron chi connectivity index (χ1n) is 3.06. The lowest BCUT2D eigenvalue weighted by molar-refractivity contribution is 0.277. The molecule has 0 aliphatic carbocycles. The highest BCUT2D eigenvalue weighted by Gasteiger charge is 2.08. The van der Waals surface area contributed by atoms with Crippen LogP contribution in [-0.2, 0) is 22.4 Å². The monoisotopic (exact) mass is 208 g/mol. The van der Waals surface area contributed by atoms with Crippen LogP contribution in [0, 0.1) is 0 Å². The van der Waals surface area contributed by atoms with E-state index in [9.17, 15) is 8.42 Å². The zero-order valence-corrected chi connectivity index (χ0v) is 7.73. The lowest BCUT2D eigenvalue weighted by atomic mass is 10.5. The number of hydrogen-bond acceptors (Lipinski definition) is 5. The number of aliphatic hydroxyl groups excluding tert-OH is 1. The maximum atomic E-state index is 10.6. The molecule has 0 aromatic carbocycles. The van der Waals surface area contributed by atoms with Gasteiger partial charge in [-0.05, 0) is 0 Å². The van der Waals surface area contributed by atoms with Crippen LogP contribution >= 0.6 is 11.3 Å². The molecule has 0 saturated carbocycles. The number of nitrogens with zero attached hydrogens (tertiary/aromatic N) is 1. The van der Waals surface area contributed by atoms with E-state index in [1.165, 1.54) is 11.3 Å². The van der Waals surface area contributed by atoms with Crippen molar-refractivity contribution in [2.75, 3.05) is 0 Å². The van der Waals surface area contributed by atoms with Crippen LogP contribution in [0.4, 0.5) is 0 Å². The Kier molecular flexibility index (Phi) is 2.78. The first kappa shape index (κ1) is 9.59. The van der Waals surface area contributed by atoms with E-state index in [1.54, 1.807) is 5.38 Å². The molecule has 0 amide bonds. The highest BCUT2D eigenvalue weighted by atomic mass is 32.2. The van der Waals surface area contributed by atoms with E-state index in [0.29, 0.717) is 10.7 Å². The fourth-order valence-corrected chi connectivity index (χ4v) is 2.40. The lowest BCUT2D eigenvalue weighted by Gasteiger charge is -1.91. The predicted molar refractivity (Wildman–Crippen MR) is 44.8 cm³/mol. The summed E-state index contributed by atoms with van der Waals surface area (Å²) in [5.41, 5.74) is 0.471. The van der Waals surface area contributed by atoms with Crippen molar-refractivity contribution < 1.29 is 13.5 Å². The molecule has 1 aromatic rings. The predicted octanol–water partition coefficient (Wildman–Crippen LogP) is -0.576.